The molecule has 2 atom stereocenters. The summed E-state index contributed by atoms with van der Waals surface area (Å²) in [6.45, 7) is 0.574. The number of halogens is 4. The summed E-state index contributed by atoms with van der Waals surface area (Å²) in [5.74, 6) is -0.527. The lowest BCUT2D eigenvalue weighted by atomic mass is 10.0. The summed E-state index contributed by atoms with van der Waals surface area (Å²) in [6.07, 6.45) is -4.45. The minimum atomic E-state index is -4.67. The minimum absolute atomic E-state index is 0. The molecule has 0 aromatic rings. The summed E-state index contributed by atoms with van der Waals surface area (Å²) in [5, 5.41) is 12.5. The molecule has 2 N–H and O–H groups in total. The number of carbonyl (C=O) groups is 1. The number of amides is 1. The van der Waals surface area contributed by atoms with Crippen molar-refractivity contribution in [1.82, 2.24) is 10.2 Å². The first-order valence-electron chi connectivity index (χ1n) is 5.62. The van der Waals surface area contributed by atoms with Crippen LogP contribution in [0.2, 0.25) is 0 Å². The van der Waals surface area contributed by atoms with Crippen LogP contribution in [0.1, 0.15) is 12.8 Å². The van der Waals surface area contributed by atoms with Crippen LogP contribution < -0.4 is 5.32 Å². The van der Waals surface area contributed by atoms with Crippen molar-refractivity contribution in [2.75, 3.05) is 26.2 Å². The number of nitrogens with one attached hydrogen (secondary N) is 1. The third-order valence-corrected chi connectivity index (χ3v) is 3.50. The van der Waals surface area contributed by atoms with Crippen LogP contribution in [0.5, 0.6) is 0 Å². The monoisotopic (exact) mass is 288 g/mol. The smallest absolute Gasteiger partial charge is 0.379 e. The Morgan fingerprint density at radius 1 is 1.44 bits per heavy atom. The first-order valence-corrected chi connectivity index (χ1v) is 5.62. The van der Waals surface area contributed by atoms with E-state index in [2.05, 4.69) is 5.32 Å². The van der Waals surface area contributed by atoms with Crippen LogP contribution in [0, 0.1) is 5.92 Å². The van der Waals surface area contributed by atoms with E-state index in [1.54, 1.807) is 0 Å². The first-order chi connectivity index (χ1) is 7.83. The second-order valence-corrected chi connectivity index (χ2v) is 4.73. The molecule has 0 saturated carbocycles. The van der Waals surface area contributed by atoms with E-state index < -0.39 is 24.7 Å². The Labute approximate surface area is 109 Å². The third kappa shape index (κ3) is 2.73. The first kappa shape index (κ1) is 15.5. The standard InChI is InChI=1S/C10H15F3N2O2.ClH/c11-10(12,13)9(17)2-4-15(6-9)8(16)7-1-3-14-5-7;/h7,14,17H,1-6H2;1H. The highest BCUT2D eigenvalue weighted by atomic mass is 35.5. The van der Waals surface area contributed by atoms with Crippen molar-refractivity contribution >= 4 is 18.3 Å². The van der Waals surface area contributed by atoms with Crippen molar-refractivity contribution < 1.29 is 23.1 Å². The van der Waals surface area contributed by atoms with Crippen LogP contribution in [0.25, 0.3) is 0 Å². The molecule has 18 heavy (non-hydrogen) atoms. The Balaban J connectivity index is 0.00000162. The van der Waals surface area contributed by atoms with Crippen molar-refractivity contribution in [2.45, 2.75) is 24.6 Å². The van der Waals surface area contributed by atoms with Crippen LogP contribution in [-0.2, 0) is 4.79 Å². The normalized spacial score (nSPS) is 32.4. The molecule has 2 fully saturated rings. The molecule has 2 rings (SSSR count). The second kappa shape index (κ2) is 5.22. The lowest BCUT2D eigenvalue weighted by molar-refractivity contribution is -0.253. The van der Waals surface area contributed by atoms with Crippen molar-refractivity contribution in [3.8, 4) is 0 Å². The van der Waals surface area contributed by atoms with Crippen LogP contribution >= 0.6 is 12.4 Å². The summed E-state index contributed by atoms with van der Waals surface area (Å²) in [6, 6.07) is 0. The van der Waals surface area contributed by atoms with E-state index >= 15 is 0 Å². The van der Waals surface area contributed by atoms with Gasteiger partial charge in [-0.05, 0) is 13.0 Å². The fourth-order valence-electron chi connectivity index (χ4n) is 2.34. The van der Waals surface area contributed by atoms with Gasteiger partial charge >= 0.3 is 6.18 Å². The Hall–Kier alpha value is -0.530. The number of carbonyl (C=O) groups excluding carboxylic acids is 1. The van der Waals surface area contributed by atoms with Gasteiger partial charge < -0.3 is 15.3 Å². The number of hydrogen-bond acceptors (Lipinski definition) is 3. The molecule has 0 bridgehead atoms. The molecule has 106 valence electrons. The van der Waals surface area contributed by atoms with Gasteiger partial charge in [-0.25, -0.2) is 0 Å². The highest BCUT2D eigenvalue weighted by molar-refractivity contribution is 5.85. The predicted molar refractivity (Wildman–Crippen MR) is 60.4 cm³/mol. The Kier molecular flexibility index (Phi) is 4.51. The molecule has 8 heteroatoms. The fraction of sp³-hybridized carbons (Fsp3) is 0.900. The summed E-state index contributed by atoms with van der Waals surface area (Å²) < 4.78 is 37.7. The highest BCUT2D eigenvalue weighted by Gasteiger charge is 2.58. The molecule has 1 amide bonds. The molecule has 0 spiro atoms. The Bertz CT molecular complexity index is 321. The molecule has 0 radical (unpaired) electrons. The van der Waals surface area contributed by atoms with Gasteiger partial charge in [0.2, 0.25) is 5.91 Å². The van der Waals surface area contributed by atoms with E-state index in [4.69, 9.17) is 0 Å². The van der Waals surface area contributed by atoms with Crippen molar-refractivity contribution in [3.63, 3.8) is 0 Å². The van der Waals surface area contributed by atoms with E-state index in [9.17, 15) is 23.1 Å². The van der Waals surface area contributed by atoms with Crippen LogP contribution in [0.15, 0.2) is 0 Å². The number of β-amino-alcohol motifs (C(OH)–C–C–N with tert-alkyl or cyclic N) is 1. The maximum absolute atomic E-state index is 12.6. The molecule has 0 aromatic carbocycles. The average molecular weight is 289 g/mol. The molecule has 2 saturated heterocycles. The minimum Gasteiger partial charge on any atom is -0.379 e. The fourth-order valence-corrected chi connectivity index (χ4v) is 2.34. The van der Waals surface area contributed by atoms with Gasteiger partial charge in [0.1, 0.15) is 0 Å². The van der Waals surface area contributed by atoms with Gasteiger partial charge in [0.05, 0.1) is 12.5 Å². The molecular weight excluding hydrogens is 273 g/mol. The van der Waals surface area contributed by atoms with Crippen LogP contribution in [0.3, 0.4) is 0 Å². The SMILES string of the molecule is Cl.O=C(C1CCNC1)N1CCC(O)(C(F)(F)F)C1. The number of hydrogen-bond donors (Lipinski definition) is 2. The number of alkyl halides is 3. The quantitative estimate of drug-likeness (QED) is 0.741. The lowest BCUT2D eigenvalue weighted by Gasteiger charge is -2.26. The van der Waals surface area contributed by atoms with E-state index in [0.29, 0.717) is 19.5 Å². The largest absolute Gasteiger partial charge is 0.419 e. The maximum Gasteiger partial charge on any atom is 0.419 e. The molecule has 0 aromatic heterocycles. The van der Waals surface area contributed by atoms with E-state index in [0.717, 1.165) is 4.90 Å². The molecule has 0 aliphatic carbocycles. The van der Waals surface area contributed by atoms with Gasteiger partial charge in [0, 0.05) is 19.5 Å². The lowest BCUT2D eigenvalue weighted by Crippen LogP contribution is -2.48. The zero-order chi connectivity index (χ0) is 12.7. The summed E-state index contributed by atoms with van der Waals surface area (Å²) in [4.78, 5) is 13.0. The van der Waals surface area contributed by atoms with Gasteiger partial charge in [-0.3, -0.25) is 4.79 Å². The summed E-state index contributed by atoms with van der Waals surface area (Å²) in [5.41, 5.74) is -2.73. The molecule has 4 nitrogen and oxygen atoms in total. The molecule has 2 aliphatic rings. The van der Waals surface area contributed by atoms with E-state index in [1.165, 1.54) is 0 Å². The zero-order valence-electron chi connectivity index (χ0n) is 9.66. The number of nitrogens with zero attached hydrogens (tertiary/aromatic N) is 1. The number of rotatable bonds is 1. The topological polar surface area (TPSA) is 52.6 Å². The molecule has 2 unspecified atom stereocenters. The number of likely N-dealkylation sites (tertiary alicyclic amines) is 1. The average Bonchev–Trinajstić information content (AvgIpc) is 2.84. The van der Waals surface area contributed by atoms with Crippen LogP contribution in [0.4, 0.5) is 13.2 Å². The highest BCUT2D eigenvalue weighted by Crippen LogP contribution is 2.38. The molecule has 2 aliphatic heterocycles. The van der Waals surface area contributed by atoms with E-state index in [1.807, 2.05) is 0 Å². The summed E-state index contributed by atoms with van der Waals surface area (Å²) >= 11 is 0. The second-order valence-electron chi connectivity index (χ2n) is 4.73. The Morgan fingerprint density at radius 2 is 2.11 bits per heavy atom. The maximum atomic E-state index is 12.6. The van der Waals surface area contributed by atoms with E-state index in [-0.39, 0.29) is 30.8 Å². The molecule has 2 heterocycles. The van der Waals surface area contributed by atoms with Crippen molar-refractivity contribution in [3.05, 3.63) is 0 Å². The van der Waals surface area contributed by atoms with Gasteiger partial charge in [-0.2, -0.15) is 13.2 Å². The zero-order valence-corrected chi connectivity index (χ0v) is 10.5. The van der Waals surface area contributed by atoms with Gasteiger partial charge in [-0.15, -0.1) is 12.4 Å². The third-order valence-electron chi connectivity index (χ3n) is 3.50. The Morgan fingerprint density at radius 3 is 2.56 bits per heavy atom. The van der Waals surface area contributed by atoms with Crippen molar-refractivity contribution in [1.29, 1.82) is 0 Å². The number of aliphatic hydroxyl groups is 1. The summed E-state index contributed by atoms with van der Waals surface area (Å²) in [7, 11) is 0. The van der Waals surface area contributed by atoms with Gasteiger partial charge in [-0.1, -0.05) is 0 Å². The van der Waals surface area contributed by atoms with Crippen molar-refractivity contribution in [2.24, 2.45) is 5.92 Å². The van der Waals surface area contributed by atoms with Gasteiger partial charge in [0.25, 0.3) is 0 Å². The molecular formula is C10H16ClF3N2O2. The van der Waals surface area contributed by atoms with Crippen LogP contribution in [-0.4, -0.2) is 53.9 Å². The van der Waals surface area contributed by atoms with Gasteiger partial charge in [0.15, 0.2) is 5.60 Å². The predicted octanol–water partition coefficient (Wildman–Crippen LogP) is 0.543.